The number of carbonyl (C=O) groups is 1. The third kappa shape index (κ3) is 14.7. The maximum absolute atomic E-state index is 10.8. The van der Waals surface area contributed by atoms with Crippen molar-refractivity contribution in [2.45, 2.75) is 96.7 Å². The van der Waals surface area contributed by atoms with Crippen molar-refractivity contribution in [2.75, 3.05) is 13.1 Å². The molecule has 0 aromatic carbocycles. The number of nitrogens with two attached hydrogens (primary N) is 2. The first-order chi connectivity index (χ1) is 10.9. The second-order valence-corrected chi connectivity index (χ2v) is 6.93. The molecule has 0 fully saturated rings. The fourth-order valence-electron chi connectivity index (χ4n) is 2.80. The number of aliphatic carboxylic acids is 1. The molecule has 5 nitrogen and oxygen atoms in total. The predicted octanol–water partition coefficient (Wildman–Crippen LogP) is 3.67. The Morgan fingerprint density at radius 1 is 0.870 bits per heavy atom. The fraction of sp³-hybridized carbons (Fsp3) is 0.944. The van der Waals surface area contributed by atoms with Gasteiger partial charge < -0.3 is 16.6 Å². The molecule has 0 bridgehead atoms. The summed E-state index contributed by atoms with van der Waals surface area (Å²) in [7, 11) is 0. The van der Waals surface area contributed by atoms with E-state index < -0.39 is 11.8 Å². The molecule has 0 rings (SSSR count). The quantitative estimate of drug-likeness (QED) is 0.297. The third-order valence-corrected chi connectivity index (χ3v) is 4.29. The zero-order valence-corrected chi connectivity index (χ0v) is 15.4. The van der Waals surface area contributed by atoms with Crippen LogP contribution in [0, 0.1) is 0 Å². The highest BCUT2D eigenvalue weighted by Gasteiger charge is 2.23. The van der Waals surface area contributed by atoms with Gasteiger partial charge in [0.1, 0.15) is 5.79 Å². The van der Waals surface area contributed by atoms with Crippen LogP contribution in [0.5, 0.6) is 0 Å². The number of rotatable bonds is 16. The summed E-state index contributed by atoms with van der Waals surface area (Å²) in [5.74, 6) is -1.94. The number of nitrogens with zero attached hydrogens (tertiary/aromatic N) is 1. The lowest BCUT2D eigenvalue weighted by Gasteiger charge is -2.33. The molecule has 0 heterocycles. The van der Waals surface area contributed by atoms with Crippen molar-refractivity contribution in [3.63, 3.8) is 0 Å². The summed E-state index contributed by atoms with van der Waals surface area (Å²) in [6.45, 7) is 4.45. The summed E-state index contributed by atoms with van der Waals surface area (Å²) < 4.78 is 0. The molecule has 0 aromatic rings. The molecule has 0 aromatic heterocycles. The molecule has 0 aliphatic carbocycles. The van der Waals surface area contributed by atoms with E-state index in [0.717, 1.165) is 12.8 Å². The van der Waals surface area contributed by atoms with E-state index in [1.807, 2.05) is 0 Å². The van der Waals surface area contributed by atoms with Gasteiger partial charge in [-0.2, -0.15) is 0 Å². The highest BCUT2D eigenvalue weighted by atomic mass is 16.4. The van der Waals surface area contributed by atoms with Gasteiger partial charge in [0.25, 0.3) is 0 Å². The van der Waals surface area contributed by atoms with Gasteiger partial charge in [-0.15, -0.1) is 0 Å². The number of unbranched alkanes of at least 4 members (excludes halogenated alkanes) is 11. The Balaban J connectivity index is 3.48. The first-order valence-electron chi connectivity index (χ1n) is 9.42. The normalized spacial score (nSPS) is 12.0. The molecule has 0 saturated heterocycles. The van der Waals surface area contributed by atoms with Crippen molar-refractivity contribution >= 4 is 5.97 Å². The van der Waals surface area contributed by atoms with Gasteiger partial charge in [0.2, 0.25) is 0 Å². The van der Waals surface area contributed by atoms with Crippen LogP contribution in [0.2, 0.25) is 0 Å². The maximum atomic E-state index is 10.8. The van der Waals surface area contributed by atoms with Gasteiger partial charge in [0.05, 0.1) is 6.54 Å². The summed E-state index contributed by atoms with van der Waals surface area (Å²) in [6.07, 6.45) is 15.5. The third-order valence-electron chi connectivity index (χ3n) is 4.29. The smallest absolute Gasteiger partial charge is 0.317 e. The Morgan fingerprint density at radius 2 is 1.26 bits per heavy atom. The Labute approximate surface area is 142 Å². The molecule has 0 radical (unpaired) electrons. The van der Waals surface area contributed by atoms with Crippen LogP contribution in [-0.4, -0.2) is 34.9 Å². The van der Waals surface area contributed by atoms with Crippen LogP contribution >= 0.6 is 0 Å². The monoisotopic (exact) mass is 329 g/mol. The number of carboxylic acids is 1. The molecule has 5 heteroatoms. The lowest BCUT2D eigenvalue weighted by Crippen LogP contribution is -2.62. The van der Waals surface area contributed by atoms with Crippen LogP contribution in [0.25, 0.3) is 0 Å². The summed E-state index contributed by atoms with van der Waals surface area (Å²) in [6, 6.07) is 0. The van der Waals surface area contributed by atoms with Crippen LogP contribution in [0.3, 0.4) is 0 Å². The van der Waals surface area contributed by atoms with Crippen molar-refractivity contribution in [2.24, 2.45) is 11.5 Å². The molecule has 0 amide bonds. The molecule has 5 N–H and O–H groups in total. The minimum atomic E-state index is -1.06. The Morgan fingerprint density at radius 3 is 1.61 bits per heavy atom. The lowest BCUT2D eigenvalue weighted by molar-refractivity contribution is -0.140. The molecule has 0 spiro atoms. The summed E-state index contributed by atoms with van der Waals surface area (Å²) in [4.78, 5) is 12.5. The van der Waals surface area contributed by atoms with Gasteiger partial charge in [-0.1, -0.05) is 77.6 Å². The minimum Gasteiger partial charge on any atom is -0.480 e. The number of hydrogen-bond donors (Lipinski definition) is 3. The molecular weight excluding hydrogens is 290 g/mol. The summed E-state index contributed by atoms with van der Waals surface area (Å²) in [5, 5.41) is 8.89. The lowest BCUT2D eigenvalue weighted by atomic mass is 10.1. The Kier molecular flexibility index (Phi) is 13.4. The van der Waals surface area contributed by atoms with Crippen molar-refractivity contribution in [1.82, 2.24) is 4.90 Å². The van der Waals surface area contributed by atoms with Crippen LogP contribution in [0.1, 0.15) is 90.9 Å². The second-order valence-electron chi connectivity index (χ2n) is 6.93. The van der Waals surface area contributed by atoms with Gasteiger partial charge in [-0.05, 0) is 13.3 Å². The summed E-state index contributed by atoms with van der Waals surface area (Å²) in [5.41, 5.74) is 11.6. The van der Waals surface area contributed by atoms with E-state index in [0.29, 0.717) is 6.54 Å². The Bertz CT molecular complexity index is 290. The van der Waals surface area contributed by atoms with Crippen LogP contribution in [0.15, 0.2) is 0 Å². The second kappa shape index (κ2) is 13.8. The van der Waals surface area contributed by atoms with Crippen molar-refractivity contribution in [3.8, 4) is 0 Å². The molecule has 0 aliphatic rings. The van der Waals surface area contributed by atoms with E-state index in [9.17, 15) is 4.79 Å². The fourth-order valence-corrected chi connectivity index (χ4v) is 2.80. The molecule has 0 aliphatic heterocycles. The van der Waals surface area contributed by atoms with Gasteiger partial charge in [-0.25, -0.2) is 0 Å². The molecule has 0 unspecified atom stereocenters. The average molecular weight is 330 g/mol. The highest BCUT2D eigenvalue weighted by Crippen LogP contribution is 2.12. The van der Waals surface area contributed by atoms with E-state index in [1.54, 1.807) is 11.8 Å². The van der Waals surface area contributed by atoms with Crippen LogP contribution in [0.4, 0.5) is 0 Å². The van der Waals surface area contributed by atoms with Gasteiger partial charge in [0.15, 0.2) is 0 Å². The van der Waals surface area contributed by atoms with Crippen LogP contribution < -0.4 is 11.5 Å². The predicted molar refractivity (Wildman–Crippen MR) is 97.1 cm³/mol. The largest absolute Gasteiger partial charge is 0.480 e. The first kappa shape index (κ1) is 22.4. The van der Waals surface area contributed by atoms with E-state index >= 15 is 0 Å². The number of hydrogen-bond acceptors (Lipinski definition) is 4. The van der Waals surface area contributed by atoms with E-state index in [1.165, 1.54) is 64.2 Å². The van der Waals surface area contributed by atoms with Gasteiger partial charge in [0, 0.05) is 6.54 Å². The topological polar surface area (TPSA) is 92.6 Å². The average Bonchev–Trinajstić information content (AvgIpc) is 2.45. The SMILES string of the molecule is CCCCCCCCCCCCCCN(CC(=O)O)C(C)(N)N. The highest BCUT2D eigenvalue weighted by molar-refractivity contribution is 5.69. The standard InChI is InChI=1S/C18H39N3O2/c1-3-4-5-6-7-8-9-10-11-12-13-14-15-21(16-17(22)23)18(2,19)20/h3-16,19-20H2,1-2H3,(H,22,23). The zero-order chi connectivity index (χ0) is 17.6. The van der Waals surface area contributed by atoms with Crippen LogP contribution in [-0.2, 0) is 4.79 Å². The number of carboxylic acid groups (broad SMARTS) is 1. The van der Waals surface area contributed by atoms with Gasteiger partial charge >= 0.3 is 5.97 Å². The molecule has 0 saturated carbocycles. The van der Waals surface area contributed by atoms with Crippen molar-refractivity contribution in [3.05, 3.63) is 0 Å². The van der Waals surface area contributed by atoms with E-state index in [4.69, 9.17) is 16.6 Å². The first-order valence-corrected chi connectivity index (χ1v) is 9.42. The van der Waals surface area contributed by atoms with E-state index in [-0.39, 0.29) is 6.54 Å². The summed E-state index contributed by atoms with van der Waals surface area (Å²) >= 11 is 0. The maximum Gasteiger partial charge on any atom is 0.317 e. The minimum absolute atomic E-state index is 0.0957. The van der Waals surface area contributed by atoms with Gasteiger partial charge in [-0.3, -0.25) is 9.69 Å². The van der Waals surface area contributed by atoms with Crippen molar-refractivity contribution in [1.29, 1.82) is 0 Å². The van der Waals surface area contributed by atoms with E-state index in [2.05, 4.69) is 6.92 Å². The molecular formula is C18H39N3O2. The Hall–Kier alpha value is -0.650. The zero-order valence-electron chi connectivity index (χ0n) is 15.4. The molecule has 0 atom stereocenters. The molecule has 138 valence electrons. The van der Waals surface area contributed by atoms with Crippen molar-refractivity contribution < 1.29 is 9.90 Å². The molecule has 23 heavy (non-hydrogen) atoms.